The molecule has 164 valence electrons. The number of unbranched alkanes of at least 4 members (excludes halogenated alkanes) is 14. The molecule has 0 fully saturated rings. The molecule has 2 N–H and O–H groups in total. The lowest BCUT2D eigenvalue weighted by Crippen LogP contribution is -2.24. The standard InChI is InChI=1S/C23H48O4/c1-3-4-5-6-7-8-9-10-11-12-13-14-15-16-17-18-23(26-2)21-27-20-22(25)19-24/h22-25H,3-21H2,1-2H3. The van der Waals surface area contributed by atoms with E-state index in [1.807, 2.05) is 0 Å². The van der Waals surface area contributed by atoms with E-state index in [0.717, 1.165) is 6.42 Å². The Bertz CT molecular complexity index is 273. The molecule has 2 unspecified atom stereocenters. The fourth-order valence-electron chi connectivity index (χ4n) is 3.40. The summed E-state index contributed by atoms with van der Waals surface area (Å²) in [5, 5.41) is 18.0. The first-order valence-corrected chi connectivity index (χ1v) is 11.6. The molecule has 0 aliphatic heterocycles. The highest BCUT2D eigenvalue weighted by Gasteiger charge is 2.09. The van der Waals surface area contributed by atoms with Crippen molar-refractivity contribution in [3.05, 3.63) is 0 Å². The van der Waals surface area contributed by atoms with Crippen molar-refractivity contribution in [1.82, 2.24) is 0 Å². The normalized spacial score (nSPS) is 13.8. The Kier molecular flexibility index (Phi) is 22.0. The average Bonchev–Trinajstić information content (AvgIpc) is 2.69. The minimum atomic E-state index is -0.784. The van der Waals surface area contributed by atoms with Gasteiger partial charge in [-0.1, -0.05) is 103 Å². The van der Waals surface area contributed by atoms with Crippen LogP contribution in [0.25, 0.3) is 0 Å². The minimum absolute atomic E-state index is 0.0952. The van der Waals surface area contributed by atoms with Crippen molar-refractivity contribution < 1.29 is 19.7 Å². The van der Waals surface area contributed by atoms with Crippen LogP contribution in [-0.4, -0.2) is 49.4 Å². The smallest absolute Gasteiger partial charge is 0.100 e. The van der Waals surface area contributed by atoms with Crippen LogP contribution in [0.3, 0.4) is 0 Å². The molecule has 0 saturated carbocycles. The quantitative estimate of drug-likeness (QED) is 0.236. The van der Waals surface area contributed by atoms with Gasteiger partial charge in [0.15, 0.2) is 0 Å². The number of rotatable bonds is 22. The van der Waals surface area contributed by atoms with Gasteiger partial charge in [0.05, 0.1) is 25.9 Å². The molecular formula is C23H48O4. The summed E-state index contributed by atoms with van der Waals surface area (Å²) in [5.41, 5.74) is 0. The number of hydrogen-bond acceptors (Lipinski definition) is 4. The summed E-state index contributed by atoms with van der Waals surface area (Å²) in [6.07, 6.45) is 21.0. The molecule has 0 amide bonds. The lowest BCUT2D eigenvalue weighted by molar-refractivity contribution is -0.0381. The Morgan fingerprint density at radius 3 is 1.52 bits per heavy atom. The maximum Gasteiger partial charge on any atom is 0.100 e. The molecule has 0 spiro atoms. The molecule has 4 nitrogen and oxygen atoms in total. The van der Waals surface area contributed by atoms with E-state index >= 15 is 0 Å². The molecule has 0 rings (SSSR count). The highest BCUT2D eigenvalue weighted by Crippen LogP contribution is 2.14. The van der Waals surface area contributed by atoms with Gasteiger partial charge in [-0.2, -0.15) is 0 Å². The van der Waals surface area contributed by atoms with Crippen LogP contribution in [0.15, 0.2) is 0 Å². The summed E-state index contributed by atoms with van der Waals surface area (Å²) in [4.78, 5) is 0. The maximum atomic E-state index is 9.24. The summed E-state index contributed by atoms with van der Waals surface area (Å²) in [7, 11) is 1.71. The topological polar surface area (TPSA) is 58.9 Å². The summed E-state index contributed by atoms with van der Waals surface area (Å²) < 4.78 is 10.8. The Hall–Kier alpha value is -0.160. The number of methoxy groups -OCH3 is 1. The highest BCUT2D eigenvalue weighted by molar-refractivity contribution is 4.59. The van der Waals surface area contributed by atoms with Crippen molar-refractivity contribution in [3.8, 4) is 0 Å². The third-order valence-electron chi connectivity index (χ3n) is 5.29. The van der Waals surface area contributed by atoms with Crippen molar-refractivity contribution in [2.75, 3.05) is 26.9 Å². The molecular weight excluding hydrogens is 340 g/mol. The molecule has 27 heavy (non-hydrogen) atoms. The van der Waals surface area contributed by atoms with Gasteiger partial charge in [0.2, 0.25) is 0 Å². The van der Waals surface area contributed by atoms with Gasteiger partial charge in [0, 0.05) is 7.11 Å². The second kappa shape index (κ2) is 22.1. The van der Waals surface area contributed by atoms with E-state index in [1.165, 1.54) is 96.3 Å². The van der Waals surface area contributed by atoms with Crippen molar-refractivity contribution in [2.45, 2.75) is 122 Å². The number of aliphatic hydroxyl groups excluding tert-OH is 2. The van der Waals surface area contributed by atoms with Crippen molar-refractivity contribution in [2.24, 2.45) is 0 Å². The lowest BCUT2D eigenvalue weighted by atomic mass is 10.0. The van der Waals surface area contributed by atoms with E-state index in [4.69, 9.17) is 14.6 Å². The van der Waals surface area contributed by atoms with E-state index in [9.17, 15) is 5.11 Å². The summed E-state index contributed by atoms with van der Waals surface area (Å²) >= 11 is 0. The zero-order valence-electron chi connectivity index (χ0n) is 18.3. The average molecular weight is 389 g/mol. The predicted molar refractivity (Wildman–Crippen MR) is 114 cm³/mol. The molecule has 0 aromatic carbocycles. The van der Waals surface area contributed by atoms with Crippen molar-refractivity contribution in [3.63, 3.8) is 0 Å². The first kappa shape index (κ1) is 26.8. The van der Waals surface area contributed by atoms with E-state index in [2.05, 4.69) is 6.92 Å². The first-order chi connectivity index (χ1) is 13.2. The van der Waals surface area contributed by atoms with Crippen molar-refractivity contribution >= 4 is 0 Å². The first-order valence-electron chi connectivity index (χ1n) is 11.6. The van der Waals surface area contributed by atoms with Gasteiger partial charge in [-0.3, -0.25) is 0 Å². The van der Waals surface area contributed by atoms with E-state index < -0.39 is 6.10 Å². The largest absolute Gasteiger partial charge is 0.394 e. The van der Waals surface area contributed by atoms with Crippen LogP contribution in [-0.2, 0) is 9.47 Å². The molecule has 0 saturated heterocycles. The molecule has 2 atom stereocenters. The van der Waals surface area contributed by atoms with Crippen LogP contribution in [0.5, 0.6) is 0 Å². The Morgan fingerprint density at radius 1 is 0.667 bits per heavy atom. The molecule has 0 bridgehead atoms. The van der Waals surface area contributed by atoms with Crippen LogP contribution >= 0.6 is 0 Å². The van der Waals surface area contributed by atoms with E-state index in [1.54, 1.807) is 7.11 Å². The second-order valence-corrected chi connectivity index (χ2v) is 7.97. The predicted octanol–water partition coefficient (Wildman–Crippen LogP) is 5.63. The zero-order chi connectivity index (χ0) is 20.0. The lowest BCUT2D eigenvalue weighted by Gasteiger charge is -2.16. The van der Waals surface area contributed by atoms with Gasteiger partial charge in [-0.05, 0) is 6.42 Å². The summed E-state index contributed by atoms with van der Waals surface area (Å²) in [6.45, 7) is 2.69. The van der Waals surface area contributed by atoms with Crippen LogP contribution in [0.4, 0.5) is 0 Å². The number of aliphatic hydroxyl groups is 2. The van der Waals surface area contributed by atoms with Crippen LogP contribution in [0.1, 0.15) is 110 Å². The third kappa shape index (κ3) is 20.4. The third-order valence-corrected chi connectivity index (χ3v) is 5.29. The van der Waals surface area contributed by atoms with Crippen LogP contribution < -0.4 is 0 Å². The zero-order valence-corrected chi connectivity index (χ0v) is 18.3. The van der Waals surface area contributed by atoms with Gasteiger partial charge >= 0.3 is 0 Å². The highest BCUT2D eigenvalue weighted by atomic mass is 16.5. The molecule has 0 heterocycles. The minimum Gasteiger partial charge on any atom is -0.394 e. The number of hydrogen-bond donors (Lipinski definition) is 2. The van der Waals surface area contributed by atoms with Gasteiger partial charge in [-0.25, -0.2) is 0 Å². The Morgan fingerprint density at radius 2 is 1.11 bits per heavy atom. The molecule has 0 aliphatic carbocycles. The van der Waals surface area contributed by atoms with Crippen LogP contribution in [0.2, 0.25) is 0 Å². The maximum absolute atomic E-state index is 9.24. The fraction of sp³-hybridized carbons (Fsp3) is 1.00. The summed E-state index contributed by atoms with van der Waals surface area (Å²) in [6, 6.07) is 0. The second-order valence-electron chi connectivity index (χ2n) is 7.97. The Labute approximate surface area is 169 Å². The Balaban J connectivity index is 3.24. The summed E-state index contributed by atoms with van der Waals surface area (Å²) in [5.74, 6) is 0. The van der Waals surface area contributed by atoms with Gasteiger partial charge in [0.1, 0.15) is 6.10 Å². The van der Waals surface area contributed by atoms with Gasteiger partial charge in [-0.15, -0.1) is 0 Å². The monoisotopic (exact) mass is 388 g/mol. The van der Waals surface area contributed by atoms with Crippen molar-refractivity contribution in [1.29, 1.82) is 0 Å². The fourth-order valence-corrected chi connectivity index (χ4v) is 3.40. The molecule has 0 aromatic rings. The number of ether oxygens (including phenoxy) is 2. The van der Waals surface area contributed by atoms with Crippen LogP contribution in [0, 0.1) is 0 Å². The van der Waals surface area contributed by atoms with Gasteiger partial charge < -0.3 is 19.7 Å². The van der Waals surface area contributed by atoms with E-state index in [-0.39, 0.29) is 19.3 Å². The SMILES string of the molecule is CCCCCCCCCCCCCCCCCC(COCC(O)CO)OC. The molecule has 4 heteroatoms. The van der Waals surface area contributed by atoms with E-state index in [0.29, 0.717) is 6.61 Å². The molecule has 0 radical (unpaired) electrons. The van der Waals surface area contributed by atoms with Gasteiger partial charge in [0.25, 0.3) is 0 Å². The molecule has 0 aliphatic rings. The molecule has 0 aromatic heterocycles.